The van der Waals surface area contributed by atoms with Crippen molar-refractivity contribution in [2.75, 3.05) is 14.2 Å². The van der Waals surface area contributed by atoms with Gasteiger partial charge in [0.2, 0.25) is 5.91 Å². The first kappa shape index (κ1) is 15.1. The summed E-state index contributed by atoms with van der Waals surface area (Å²) in [5.41, 5.74) is 2.35. The zero-order chi connectivity index (χ0) is 14.9. The predicted octanol–water partition coefficient (Wildman–Crippen LogP) is 3.42. The summed E-state index contributed by atoms with van der Waals surface area (Å²) in [6, 6.07) is 6.17. The molecule has 4 heteroatoms. The van der Waals surface area contributed by atoms with Crippen molar-refractivity contribution in [3.8, 4) is 5.75 Å². The number of likely N-dealkylation sites (N-methyl/N-ethyl adjacent to an activating group) is 1. The van der Waals surface area contributed by atoms with Gasteiger partial charge in [-0.15, -0.1) is 0 Å². The highest BCUT2D eigenvalue weighted by Gasteiger charge is 2.30. The Morgan fingerprint density at radius 3 is 2.70 bits per heavy atom. The first-order chi connectivity index (χ1) is 9.43. The van der Waals surface area contributed by atoms with Gasteiger partial charge in [0, 0.05) is 23.6 Å². The van der Waals surface area contributed by atoms with Crippen LogP contribution < -0.4 is 4.74 Å². The van der Waals surface area contributed by atoms with Crippen LogP contribution in [-0.4, -0.2) is 31.0 Å². The van der Waals surface area contributed by atoms with E-state index in [1.165, 1.54) is 5.56 Å². The van der Waals surface area contributed by atoms with Crippen LogP contribution in [0, 0.1) is 5.92 Å². The number of rotatable bonds is 3. The third-order valence-corrected chi connectivity index (χ3v) is 4.92. The maximum absolute atomic E-state index is 12.0. The molecule has 0 spiro atoms. The van der Waals surface area contributed by atoms with E-state index in [0.717, 1.165) is 22.2 Å². The molecule has 0 aromatic heterocycles. The molecule has 0 radical (unpaired) electrons. The molecule has 2 atom stereocenters. The minimum Gasteiger partial charge on any atom is -0.497 e. The highest BCUT2D eigenvalue weighted by Crippen LogP contribution is 2.30. The number of benzene rings is 1. The number of carbonyl (C=O) groups is 1. The van der Waals surface area contributed by atoms with Gasteiger partial charge >= 0.3 is 0 Å². The smallest absolute Gasteiger partial charge is 0.246 e. The molecule has 1 heterocycles. The molecule has 0 bridgehead atoms. The van der Waals surface area contributed by atoms with Crippen molar-refractivity contribution in [3.63, 3.8) is 0 Å². The van der Waals surface area contributed by atoms with Gasteiger partial charge in [0.1, 0.15) is 5.75 Å². The number of hydrogen-bond donors (Lipinski definition) is 0. The number of methoxy groups -OCH3 is 1. The zero-order valence-electron chi connectivity index (χ0n) is 12.3. The normalized spacial score (nSPS) is 22.8. The Balaban J connectivity index is 2.25. The van der Waals surface area contributed by atoms with Gasteiger partial charge < -0.3 is 9.64 Å². The Labute approximate surface area is 128 Å². The molecule has 1 amide bonds. The molecule has 108 valence electrons. The topological polar surface area (TPSA) is 29.5 Å². The Kier molecular flexibility index (Phi) is 4.53. The van der Waals surface area contributed by atoms with E-state index < -0.39 is 0 Å². The maximum atomic E-state index is 12.0. The van der Waals surface area contributed by atoms with Crippen LogP contribution in [0.25, 0.3) is 0 Å². The second kappa shape index (κ2) is 6.00. The van der Waals surface area contributed by atoms with Crippen molar-refractivity contribution >= 4 is 21.8 Å². The third kappa shape index (κ3) is 2.90. The zero-order valence-corrected chi connectivity index (χ0v) is 13.9. The summed E-state index contributed by atoms with van der Waals surface area (Å²) >= 11 is 3.59. The molecular weight excluding hydrogens is 318 g/mol. The van der Waals surface area contributed by atoms with Gasteiger partial charge in [-0.3, -0.25) is 4.79 Å². The Hall–Kier alpha value is -1.29. The summed E-state index contributed by atoms with van der Waals surface area (Å²) in [4.78, 5) is 13.8. The van der Waals surface area contributed by atoms with Crippen LogP contribution in [0.4, 0.5) is 0 Å². The summed E-state index contributed by atoms with van der Waals surface area (Å²) in [5, 5.41) is 0. The van der Waals surface area contributed by atoms with E-state index >= 15 is 0 Å². The van der Waals surface area contributed by atoms with Crippen LogP contribution in [0.1, 0.15) is 19.4 Å². The van der Waals surface area contributed by atoms with Gasteiger partial charge in [0.15, 0.2) is 0 Å². The van der Waals surface area contributed by atoms with E-state index in [1.807, 2.05) is 31.0 Å². The van der Waals surface area contributed by atoms with E-state index in [2.05, 4.69) is 28.9 Å². The van der Waals surface area contributed by atoms with E-state index in [-0.39, 0.29) is 11.9 Å². The van der Waals surface area contributed by atoms with Crippen LogP contribution >= 0.6 is 15.9 Å². The van der Waals surface area contributed by atoms with Gasteiger partial charge in [-0.1, -0.05) is 34.5 Å². The molecule has 2 rings (SSSR count). The van der Waals surface area contributed by atoms with Crippen LogP contribution in [0.3, 0.4) is 0 Å². The van der Waals surface area contributed by atoms with Gasteiger partial charge in [0.25, 0.3) is 0 Å². The van der Waals surface area contributed by atoms with Crippen molar-refractivity contribution in [1.29, 1.82) is 0 Å². The largest absolute Gasteiger partial charge is 0.497 e. The van der Waals surface area contributed by atoms with Gasteiger partial charge in [-0.2, -0.15) is 0 Å². The lowest BCUT2D eigenvalue weighted by atomic mass is 9.85. The van der Waals surface area contributed by atoms with Gasteiger partial charge in [0.05, 0.1) is 7.11 Å². The fourth-order valence-electron chi connectivity index (χ4n) is 2.59. The summed E-state index contributed by atoms with van der Waals surface area (Å²) in [6.45, 7) is 4.21. The number of nitrogens with zero attached hydrogens (tertiary/aromatic N) is 1. The average Bonchev–Trinajstić information content (AvgIpc) is 2.42. The molecule has 1 aromatic carbocycles. The number of hydrogen-bond acceptors (Lipinski definition) is 2. The Bertz CT molecular complexity index is 553. The second-order valence-corrected chi connectivity index (χ2v) is 6.21. The molecular formula is C16H20BrNO2. The molecule has 1 aliphatic heterocycles. The highest BCUT2D eigenvalue weighted by molar-refractivity contribution is 9.10. The van der Waals surface area contributed by atoms with Crippen molar-refractivity contribution in [1.82, 2.24) is 4.90 Å². The van der Waals surface area contributed by atoms with Crippen LogP contribution in [0.15, 0.2) is 34.3 Å². The van der Waals surface area contributed by atoms with Crippen molar-refractivity contribution in [3.05, 3.63) is 39.9 Å². The molecule has 1 aliphatic rings. The third-order valence-electron chi connectivity index (χ3n) is 4.18. The van der Waals surface area contributed by atoms with Gasteiger partial charge in [-0.05, 0) is 37.0 Å². The number of ether oxygens (including phenoxy) is 1. The molecule has 0 fully saturated rings. The summed E-state index contributed by atoms with van der Waals surface area (Å²) in [5.74, 6) is 1.29. The second-order valence-electron chi connectivity index (χ2n) is 5.35. The molecule has 0 saturated carbocycles. The summed E-state index contributed by atoms with van der Waals surface area (Å²) in [6.07, 6.45) is 2.57. The quantitative estimate of drug-likeness (QED) is 0.845. The van der Waals surface area contributed by atoms with Crippen molar-refractivity contribution in [2.24, 2.45) is 5.92 Å². The van der Waals surface area contributed by atoms with Crippen LogP contribution in [0.2, 0.25) is 0 Å². The molecule has 0 saturated heterocycles. The SMILES string of the molecule is COc1ccc(C[C@@H]2[C@@H](C)C(C)=CC(=O)N2C)c(Br)c1. The number of halogens is 1. The van der Waals surface area contributed by atoms with Crippen molar-refractivity contribution < 1.29 is 9.53 Å². The summed E-state index contributed by atoms with van der Waals surface area (Å²) in [7, 11) is 3.54. The molecule has 20 heavy (non-hydrogen) atoms. The predicted molar refractivity (Wildman–Crippen MR) is 83.9 cm³/mol. The van der Waals surface area contributed by atoms with E-state index in [4.69, 9.17) is 4.74 Å². The molecule has 1 aromatic rings. The Morgan fingerprint density at radius 2 is 2.10 bits per heavy atom. The standard InChI is InChI=1S/C16H20BrNO2/c1-10-7-16(19)18(3)15(11(10)2)8-12-5-6-13(20-4)9-14(12)17/h5-7,9,11,15H,8H2,1-4H3/t11-,15+/m0/s1. The van der Waals surface area contributed by atoms with E-state index in [0.29, 0.717) is 5.92 Å². The average molecular weight is 338 g/mol. The first-order valence-electron chi connectivity index (χ1n) is 6.71. The minimum atomic E-state index is 0.0928. The van der Waals surface area contributed by atoms with Crippen molar-refractivity contribution in [2.45, 2.75) is 26.3 Å². The lowest BCUT2D eigenvalue weighted by Gasteiger charge is -2.37. The number of amides is 1. The molecule has 3 nitrogen and oxygen atoms in total. The monoisotopic (exact) mass is 337 g/mol. The number of carbonyl (C=O) groups excluding carboxylic acids is 1. The highest BCUT2D eigenvalue weighted by atomic mass is 79.9. The minimum absolute atomic E-state index is 0.0928. The summed E-state index contributed by atoms with van der Waals surface area (Å²) < 4.78 is 6.24. The first-order valence-corrected chi connectivity index (χ1v) is 7.50. The fourth-order valence-corrected chi connectivity index (χ4v) is 3.11. The van der Waals surface area contributed by atoms with Gasteiger partial charge in [-0.25, -0.2) is 0 Å². The fraction of sp³-hybridized carbons (Fsp3) is 0.438. The maximum Gasteiger partial charge on any atom is 0.246 e. The van der Waals surface area contributed by atoms with Crippen LogP contribution in [0.5, 0.6) is 5.75 Å². The molecule has 0 aliphatic carbocycles. The Morgan fingerprint density at radius 1 is 1.40 bits per heavy atom. The van der Waals surface area contributed by atoms with Crippen LogP contribution in [-0.2, 0) is 11.2 Å². The molecule has 0 N–H and O–H groups in total. The van der Waals surface area contributed by atoms with E-state index in [9.17, 15) is 4.79 Å². The lowest BCUT2D eigenvalue weighted by Crippen LogP contribution is -2.45. The lowest BCUT2D eigenvalue weighted by molar-refractivity contribution is -0.128. The van der Waals surface area contributed by atoms with E-state index in [1.54, 1.807) is 13.2 Å². The molecule has 0 unspecified atom stereocenters.